The number of nitrogens with zero attached hydrogens (tertiary/aromatic N) is 2. The summed E-state index contributed by atoms with van der Waals surface area (Å²) in [5.74, 6) is 0.699. The standard InChI is InChI=1S/C17H27N3O/c1-11(21)15-19-13-9-12(18)7-8-14(13)20(15)17(5,6)10-16(2,3)4/h7-9,11,21H,10,18H2,1-6H3. The summed E-state index contributed by atoms with van der Waals surface area (Å²) in [6.45, 7) is 12.8. The van der Waals surface area contributed by atoms with Gasteiger partial charge >= 0.3 is 0 Å². The van der Waals surface area contributed by atoms with E-state index < -0.39 is 6.10 Å². The van der Waals surface area contributed by atoms with Crippen LogP contribution in [-0.2, 0) is 5.54 Å². The zero-order chi connectivity index (χ0) is 16.0. The van der Waals surface area contributed by atoms with Crippen LogP contribution in [0, 0.1) is 5.41 Å². The van der Waals surface area contributed by atoms with Crippen LogP contribution in [0.5, 0.6) is 0 Å². The largest absolute Gasteiger partial charge is 0.399 e. The third-order valence-corrected chi connectivity index (χ3v) is 3.65. The number of imidazole rings is 1. The molecule has 1 atom stereocenters. The number of aromatic nitrogens is 2. The van der Waals surface area contributed by atoms with E-state index in [0.717, 1.165) is 17.5 Å². The predicted molar refractivity (Wildman–Crippen MR) is 88.2 cm³/mol. The topological polar surface area (TPSA) is 64.1 Å². The van der Waals surface area contributed by atoms with Crippen molar-refractivity contribution in [3.8, 4) is 0 Å². The van der Waals surface area contributed by atoms with Crippen LogP contribution < -0.4 is 5.73 Å². The lowest BCUT2D eigenvalue weighted by Crippen LogP contribution is -2.33. The number of anilines is 1. The SMILES string of the molecule is CC(O)c1nc2cc(N)ccc2n1C(C)(C)CC(C)(C)C. The van der Waals surface area contributed by atoms with E-state index in [2.05, 4.69) is 44.2 Å². The van der Waals surface area contributed by atoms with Gasteiger partial charge in [-0.1, -0.05) is 20.8 Å². The van der Waals surface area contributed by atoms with Crippen molar-refractivity contribution in [1.82, 2.24) is 9.55 Å². The Morgan fingerprint density at radius 3 is 2.38 bits per heavy atom. The molecule has 4 heteroatoms. The number of rotatable bonds is 3. The number of aliphatic hydroxyl groups excluding tert-OH is 1. The first-order valence-electron chi connectivity index (χ1n) is 7.48. The first kappa shape index (κ1) is 15.8. The third kappa shape index (κ3) is 3.21. The van der Waals surface area contributed by atoms with Gasteiger partial charge in [0.05, 0.1) is 11.0 Å². The van der Waals surface area contributed by atoms with Gasteiger partial charge in [0, 0.05) is 11.2 Å². The second-order valence-electron chi connectivity index (χ2n) is 7.78. The lowest BCUT2D eigenvalue weighted by molar-refractivity contribution is 0.158. The zero-order valence-corrected chi connectivity index (χ0v) is 13.9. The fourth-order valence-corrected chi connectivity index (χ4v) is 3.41. The predicted octanol–water partition coefficient (Wildman–Crippen LogP) is 3.84. The Morgan fingerprint density at radius 2 is 1.86 bits per heavy atom. The fourth-order valence-electron chi connectivity index (χ4n) is 3.41. The number of nitrogens with two attached hydrogens (primary N) is 1. The quantitative estimate of drug-likeness (QED) is 0.844. The van der Waals surface area contributed by atoms with Crippen LogP contribution in [0.15, 0.2) is 18.2 Å². The van der Waals surface area contributed by atoms with Crippen LogP contribution in [0.4, 0.5) is 5.69 Å². The summed E-state index contributed by atoms with van der Waals surface area (Å²) in [5, 5.41) is 10.1. The highest BCUT2D eigenvalue weighted by Gasteiger charge is 2.31. The highest BCUT2D eigenvalue weighted by Crippen LogP contribution is 2.37. The van der Waals surface area contributed by atoms with E-state index in [1.54, 1.807) is 6.92 Å². The molecular weight excluding hydrogens is 262 g/mol. The molecule has 0 aliphatic heterocycles. The van der Waals surface area contributed by atoms with Crippen molar-refractivity contribution in [2.45, 2.75) is 59.6 Å². The Labute approximate surface area is 127 Å². The first-order chi connectivity index (χ1) is 9.51. The van der Waals surface area contributed by atoms with E-state index in [1.807, 2.05) is 18.2 Å². The molecule has 2 rings (SSSR count). The van der Waals surface area contributed by atoms with Gasteiger partial charge in [-0.3, -0.25) is 0 Å². The summed E-state index contributed by atoms with van der Waals surface area (Å²) in [6.07, 6.45) is 0.369. The van der Waals surface area contributed by atoms with E-state index in [-0.39, 0.29) is 11.0 Å². The van der Waals surface area contributed by atoms with Crippen LogP contribution in [0.2, 0.25) is 0 Å². The molecule has 4 nitrogen and oxygen atoms in total. The molecule has 2 aromatic rings. The molecule has 0 amide bonds. The zero-order valence-electron chi connectivity index (χ0n) is 13.9. The summed E-state index contributed by atoms with van der Waals surface area (Å²) in [5.41, 5.74) is 8.46. The normalized spacial score (nSPS) is 14.6. The summed E-state index contributed by atoms with van der Waals surface area (Å²) < 4.78 is 2.16. The van der Waals surface area contributed by atoms with Crippen molar-refractivity contribution in [3.63, 3.8) is 0 Å². The van der Waals surface area contributed by atoms with Crippen molar-refractivity contribution in [3.05, 3.63) is 24.0 Å². The van der Waals surface area contributed by atoms with E-state index in [1.165, 1.54) is 0 Å². The minimum absolute atomic E-state index is 0.143. The Kier molecular flexibility index (Phi) is 3.79. The molecule has 0 radical (unpaired) electrons. The molecule has 0 aliphatic rings. The van der Waals surface area contributed by atoms with Crippen LogP contribution in [-0.4, -0.2) is 14.7 Å². The monoisotopic (exact) mass is 289 g/mol. The molecule has 0 saturated heterocycles. The Bertz CT molecular complexity index is 648. The van der Waals surface area contributed by atoms with Gasteiger partial charge in [0.2, 0.25) is 0 Å². The van der Waals surface area contributed by atoms with E-state index >= 15 is 0 Å². The van der Waals surface area contributed by atoms with Gasteiger partial charge in [-0.2, -0.15) is 0 Å². The number of aliphatic hydroxyl groups is 1. The van der Waals surface area contributed by atoms with Crippen molar-refractivity contribution >= 4 is 16.7 Å². The molecule has 0 spiro atoms. The maximum absolute atomic E-state index is 10.1. The van der Waals surface area contributed by atoms with Gasteiger partial charge in [0.15, 0.2) is 0 Å². The minimum atomic E-state index is -0.613. The summed E-state index contributed by atoms with van der Waals surface area (Å²) in [7, 11) is 0. The number of hydrogen-bond acceptors (Lipinski definition) is 3. The molecular formula is C17H27N3O. The minimum Gasteiger partial charge on any atom is -0.399 e. The number of nitrogen functional groups attached to an aromatic ring is 1. The van der Waals surface area contributed by atoms with Gasteiger partial charge in [-0.15, -0.1) is 0 Å². The molecule has 1 aromatic heterocycles. The molecule has 3 N–H and O–H groups in total. The van der Waals surface area contributed by atoms with Gasteiger partial charge in [-0.25, -0.2) is 4.98 Å². The van der Waals surface area contributed by atoms with Gasteiger partial charge in [0.25, 0.3) is 0 Å². The lowest BCUT2D eigenvalue weighted by atomic mass is 9.81. The molecule has 1 heterocycles. The van der Waals surface area contributed by atoms with Crippen LogP contribution in [0.1, 0.15) is 59.9 Å². The molecule has 21 heavy (non-hydrogen) atoms. The second kappa shape index (κ2) is 5.02. The molecule has 116 valence electrons. The summed E-state index contributed by atoms with van der Waals surface area (Å²) in [4.78, 5) is 4.60. The van der Waals surface area contributed by atoms with Crippen LogP contribution in [0.25, 0.3) is 11.0 Å². The fraction of sp³-hybridized carbons (Fsp3) is 0.588. The maximum atomic E-state index is 10.1. The number of fused-ring (bicyclic) bond motifs is 1. The van der Waals surface area contributed by atoms with E-state index in [4.69, 9.17) is 5.73 Å². The number of benzene rings is 1. The van der Waals surface area contributed by atoms with E-state index in [9.17, 15) is 5.11 Å². The van der Waals surface area contributed by atoms with Gasteiger partial charge < -0.3 is 15.4 Å². The highest BCUT2D eigenvalue weighted by atomic mass is 16.3. The Morgan fingerprint density at radius 1 is 1.24 bits per heavy atom. The highest BCUT2D eigenvalue weighted by molar-refractivity contribution is 5.80. The maximum Gasteiger partial charge on any atom is 0.139 e. The molecule has 0 saturated carbocycles. The van der Waals surface area contributed by atoms with Crippen molar-refractivity contribution in [2.24, 2.45) is 5.41 Å². The van der Waals surface area contributed by atoms with Gasteiger partial charge in [-0.05, 0) is 50.8 Å². The average Bonchev–Trinajstić information content (AvgIpc) is 2.64. The average molecular weight is 289 g/mol. The lowest BCUT2D eigenvalue weighted by Gasteiger charge is -2.36. The third-order valence-electron chi connectivity index (χ3n) is 3.65. The summed E-state index contributed by atoms with van der Waals surface area (Å²) >= 11 is 0. The van der Waals surface area contributed by atoms with Crippen molar-refractivity contribution < 1.29 is 5.11 Å². The van der Waals surface area contributed by atoms with Gasteiger partial charge in [0.1, 0.15) is 11.9 Å². The Balaban J connectivity index is 2.68. The molecule has 1 unspecified atom stereocenters. The molecule has 0 fully saturated rings. The first-order valence-corrected chi connectivity index (χ1v) is 7.48. The summed E-state index contributed by atoms with van der Waals surface area (Å²) in [6, 6.07) is 5.75. The molecule has 0 aliphatic carbocycles. The second-order valence-corrected chi connectivity index (χ2v) is 7.78. The molecule has 1 aromatic carbocycles. The van der Waals surface area contributed by atoms with Crippen LogP contribution in [0.3, 0.4) is 0 Å². The van der Waals surface area contributed by atoms with Crippen LogP contribution >= 0.6 is 0 Å². The molecule has 0 bridgehead atoms. The van der Waals surface area contributed by atoms with Crippen molar-refractivity contribution in [1.29, 1.82) is 0 Å². The van der Waals surface area contributed by atoms with E-state index in [0.29, 0.717) is 11.5 Å². The smallest absolute Gasteiger partial charge is 0.139 e. The number of hydrogen-bond donors (Lipinski definition) is 2. The van der Waals surface area contributed by atoms with Crippen molar-refractivity contribution in [2.75, 3.05) is 5.73 Å². The Hall–Kier alpha value is -1.55.